The maximum absolute atomic E-state index is 3.99. The molecule has 3 nitrogen and oxygen atoms in total. The molecule has 2 aromatic rings. The van der Waals surface area contributed by atoms with E-state index >= 15 is 0 Å². The molecule has 0 spiro atoms. The van der Waals surface area contributed by atoms with Crippen LogP contribution in [0.15, 0.2) is 48.7 Å². The number of nitrogens with one attached hydrogen (secondary N) is 2. The molecule has 2 bridgehead atoms. The maximum Gasteiger partial charge on any atom is 0.0650 e. The largest absolute Gasteiger partial charge is 0.312 e. The van der Waals surface area contributed by atoms with Gasteiger partial charge in [-0.25, -0.2) is 0 Å². The first kappa shape index (κ1) is 12.8. The predicted octanol–water partition coefficient (Wildman–Crippen LogP) is 3.38. The van der Waals surface area contributed by atoms with Crippen LogP contribution in [0.4, 0.5) is 0 Å². The lowest BCUT2D eigenvalue weighted by Gasteiger charge is -2.18. The number of H-pyrrole nitrogens is 1. The normalized spacial score (nSPS) is 26.6. The third-order valence-corrected chi connectivity index (χ3v) is 4.92. The van der Waals surface area contributed by atoms with Crippen molar-refractivity contribution in [2.75, 3.05) is 6.54 Å². The van der Waals surface area contributed by atoms with Crippen LogP contribution < -0.4 is 5.32 Å². The highest BCUT2D eigenvalue weighted by atomic mass is 15.1. The molecule has 1 fully saturated rings. The molecule has 108 valence electrons. The van der Waals surface area contributed by atoms with Gasteiger partial charge in [-0.2, -0.15) is 5.10 Å². The summed E-state index contributed by atoms with van der Waals surface area (Å²) in [6.07, 6.45) is 9.40. The van der Waals surface area contributed by atoms with Gasteiger partial charge in [0.25, 0.3) is 0 Å². The second-order valence-electron chi connectivity index (χ2n) is 6.34. The first-order valence-electron chi connectivity index (χ1n) is 7.86. The molecule has 2 N–H and O–H groups in total. The van der Waals surface area contributed by atoms with Crippen molar-refractivity contribution in [1.29, 1.82) is 0 Å². The van der Waals surface area contributed by atoms with Crippen molar-refractivity contribution in [3.63, 3.8) is 0 Å². The molecule has 3 heteroatoms. The number of fused-ring (bicyclic) bond motifs is 2. The van der Waals surface area contributed by atoms with E-state index in [0.717, 1.165) is 36.5 Å². The van der Waals surface area contributed by atoms with Gasteiger partial charge in [-0.15, -0.1) is 0 Å². The summed E-state index contributed by atoms with van der Waals surface area (Å²) in [5.41, 5.74) is 3.61. The molecule has 1 aromatic heterocycles. The van der Waals surface area contributed by atoms with Crippen LogP contribution in [0.2, 0.25) is 0 Å². The molecule has 1 saturated carbocycles. The number of allylic oxidation sites excluding steroid dienone is 2. The Morgan fingerprint density at radius 3 is 2.67 bits per heavy atom. The van der Waals surface area contributed by atoms with Crippen molar-refractivity contribution in [2.24, 2.45) is 17.8 Å². The van der Waals surface area contributed by atoms with Gasteiger partial charge in [0, 0.05) is 12.7 Å². The summed E-state index contributed by atoms with van der Waals surface area (Å²) in [5, 5.41) is 10.6. The Morgan fingerprint density at radius 1 is 1.10 bits per heavy atom. The SMILES string of the molecule is C1=CC2CC1CC2CNCc1ccc(-c2ccn[nH]2)cc1. The summed E-state index contributed by atoms with van der Waals surface area (Å²) in [5.74, 6) is 2.56. The number of nitrogens with zero attached hydrogens (tertiary/aromatic N) is 1. The highest BCUT2D eigenvalue weighted by Crippen LogP contribution is 2.42. The van der Waals surface area contributed by atoms with Crippen LogP contribution in [0.3, 0.4) is 0 Å². The Hall–Kier alpha value is -1.87. The molecule has 21 heavy (non-hydrogen) atoms. The van der Waals surface area contributed by atoms with Gasteiger partial charge in [-0.1, -0.05) is 36.4 Å². The molecule has 1 aromatic carbocycles. The second-order valence-corrected chi connectivity index (χ2v) is 6.34. The summed E-state index contributed by atoms with van der Waals surface area (Å²) in [7, 11) is 0. The lowest BCUT2D eigenvalue weighted by molar-refractivity contribution is 0.414. The third-order valence-electron chi connectivity index (χ3n) is 4.92. The molecular formula is C18H21N3. The van der Waals surface area contributed by atoms with E-state index in [2.05, 4.69) is 51.9 Å². The van der Waals surface area contributed by atoms with Crippen LogP contribution in [0.5, 0.6) is 0 Å². The molecule has 2 aliphatic carbocycles. The van der Waals surface area contributed by atoms with Crippen LogP contribution in [-0.4, -0.2) is 16.7 Å². The average Bonchev–Trinajstić information content (AvgIpc) is 3.26. The van der Waals surface area contributed by atoms with Gasteiger partial charge in [0.1, 0.15) is 0 Å². The van der Waals surface area contributed by atoms with Crippen LogP contribution in [-0.2, 0) is 6.54 Å². The van der Waals surface area contributed by atoms with E-state index in [1.165, 1.54) is 24.0 Å². The van der Waals surface area contributed by atoms with Gasteiger partial charge >= 0.3 is 0 Å². The second kappa shape index (κ2) is 5.49. The zero-order valence-electron chi connectivity index (χ0n) is 12.1. The van der Waals surface area contributed by atoms with Crippen molar-refractivity contribution in [1.82, 2.24) is 15.5 Å². The van der Waals surface area contributed by atoms with E-state index in [1.54, 1.807) is 6.20 Å². The number of hydrogen-bond acceptors (Lipinski definition) is 2. The third kappa shape index (κ3) is 2.66. The number of rotatable bonds is 5. The van der Waals surface area contributed by atoms with E-state index in [9.17, 15) is 0 Å². The van der Waals surface area contributed by atoms with Gasteiger partial charge in [0.15, 0.2) is 0 Å². The molecular weight excluding hydrogens is 258 g/mol. The van der Waals surface area contributed by atoms with Crippen LogP contribution >= 0.6 is 0 Å². The lowest BCUT2D eigenvalue weighted by atomic mass is 9.93. The minimum atomic E-state index is 0.838. The number of aromatic nitrogens is 2. The molecule has 0 saturated heterocycles. The molecule has 4 rings (SSSR count). The zero-order valence-corrected chi connectivity index (χ0v) is 12.1. The molecule has 3 unspecified atom stereocenters. The topological polar surface area (TPSA) is 40.7 Å². The molecule has 0 amide bonds. The first-order chi connectivity index (χ1) is 10.4. The monoisotopic (exact) mass is 279 g/mol. The predicted molar refractivity (Wildman–Crippen MR) is 84.6 cm³/mol. The number of aromatic amines is 1. The van der Waals surface area contributed by atoms with Crippen molar-refractivity contribution in [2.45, 2.75) is 19.4 Å². The average molecular weight is 279 g/mol. The van der Waals surface area contributed by atoms with E-state index in [0.29, 0.717) is 0 Å². The zero-order chi connectivity index (χ0) is 14.1. The smallest absolute Gasteiger partial charge is 0.0650 e. The van der Waals surface area contributed by atoms with Crippen molar-refractivity contribution in [3.05, 3.63) is 54.2 Å². The molecule has 0 aliphatic heterocycles. The van der Waals surface area contributed by atoms with E-state index in [-0.39, 0.29) is 0 Å². The Kier molecular flexibility index (Phi) is 3.36. The van der Waals surface area contributed by atoms with E-state index in [1.807, 2.05) is 6.07 Å². The summed E-state index contributed by atoms with van der Waals surface area (Å²) >= 11 is 0. The fraction of sp³-hybridized carbons (Fsp3) is 0.389. The van der Waals surface area contributed by atoms with Crippen LogP contribution in [0.1, 0.15) is 18.4 Å². The minimum absolute atomic E-state index is 0.838. The van der Waals surface area contributed by atoms with Gasteiger partial charge < -0.3 is 5.32 Å². The highest BCUT2D eigenvalue weighted by molar-refractivity contribution is 5.58. The minimum Gasteiger partial charge on any atom is -0.312 e. The summed E-state index contributed by atoms with van der Waals surface area (Å²) in [6.45, 7) is 2.11. The van der Waals surface area contributed by atoms with E-state index in [4.69, 9.17) is 0 Å². The Morgan fingerprint density at radius 2 is 2.00 bits per heavy atom. The summed E-state index contributed by atoms with van der Waals surface area (Å²) < 4.78 is 0. The first-order valence-corrected chi connectivity index (χ1v) is 7.86. The standard InChI is InChI=1S/C18H21N3/c1-4-15(18-7-8-20-21-18)5-2-13(1)11-19-12-17-10-14-3-6-16(17)9-14/h1-8,14,16-17,19H,9-12H2,(H,20,21). The van der Waals surface area contributed by atoms with Crippen LogP contribution in [0, 0.1) is 17.8 Å². The summed E-state index contributed by atoms with van der Waals surface area (Å²) in [4.78, 5) is 0. The lowest BCUT2D eigenvalue weighted by Crippen LogP contribution is -2.25. The Balaban J connectivity index is 1.30. The fourth-order valence-electron chi connectivity index (χ4n) is 3.75. The quantitative estimate of drug-likeness (QED) is 0.824. The molecule has 0 radical (unpaired) electrons. The van der Waals surface area contributed by atoms with E-state index < -0.39 is 0 Å². The fourth-order valence-corrected chi connectivity index (χ4v) is 3.75. The van der Waals surface area contributed by atoms with Gasteiger partial charge in [0.05, 0.1) is 5.69 Å². The number of benzene rings is 1. The van der Waals surface area contributed by atoms with Crippen molar-refractivity contribution < 1.29 is 0 Å². The van der Waals surface area contributed by atoms with Crippen molar-refractivity contribution >= 4 is 0 Å². The number of hydrogen-bond donors (Lipinski definition) is 2. The molecule has 3 atom stereocenters. The molecule has 2 aliphatic rings. The highest BCUT2D eigenvalue weighted by Gasteiger charge is 2.34. The Labute approximate surface area is 125 Å². The van der Waals surface area contributed by atoms with Gasteiger partial charge in [-0.05, 0) is 54.3 Å². The Bertz CT molecular complexity index is 612. The van der Waals surface area contributed by atoms with Crippen LogP contribution in [0.25, 0.3) is 11.3 Å². The van der Waals surface area contributed by atoms with Gasteiger partial charge in [-0.3, -0.25) is 5.10 Å². The van der Waals surface area contributed by atoms with Crippen molar-refractivity contribution in [3.8, 4) is 11.3 Å². The van der Waals surface area contributed by atoms with Gasteiger partial charge in [0.2, 0.25) is 0 Å². The summed E-state index contributed by atoms with van der Waals surface area (Å²) in [6, 6.07) is 10.7. The molecule has 1 heterocycles. The maximum atomic E-state index is 3.99.